The van der Waals surface area contributed by atoms with Crippen LogP contribution < -0.4 is 0 Å². The number of rotatable bonds is 3. The molecule has 0 bridgehead atoms. The number of aromatic nitrogens is 1. The average Bonchev–Trinajstić information content (AvgIpc) is 2.30. The fourth-order valence-electron chi connectivity index (χ4n) is 1.47. The fourth-order valence-corrected chi connectivity index (χ4v) is 1.47. The molecule has 0 aliphatic carbocycles. The van der Waals surface area contributed by atoms with Gasteiger partial charge in [-0.15, -0.1) is 0 Å². The van der Waals surface area contributed by atoms with Crippen LogP contribution in [0.3, 0.4) is 0 Å². The molecule has 0 aliphatic rings. The van der Waals surface area contributed by atoms with E-state index in [9.17, 15) is 4.39 Å². The number of halogens is 1. The molecule has 0 aliphatic heterocycles. The number of hydrogen-bond acceptors (Lipinski definition) is 1. The van der Waals surface area contributed by atoms with Gasteiger partial charge >= 0.3 is 0 Å². The van der Waals surface area contributed by atoms with E-state index in [1.807, 2.05) is 30.3 Å². The number of pyridine rings is 1. The zero-order valence-corrected chi connectivity index (χ0v) is 8.36. The van der Waals surface area contributed by atoms with Crippen molar-refractivity contribution in [2.75, 3.05) is 0 Å². The van der Waals surface area contributed by atoms with Crippen LogP contribution in [0.5, 0.6) is 0 Å². The van der Waals surface area contributed by atoms with Gasteiger partial charge in [0.15, 0.2) is 0 Å². The first kappa shape index (κ1) is 9.84. The summed E-state index contributed by atoms with van der Waals surface area (Å²) in [5, 5.41) is 0. The highest BCUT2D eigenvalue weighted by molar-refractivity contribution is 5.17. The first-order valence-electron chi connectivity index (χ1n) is 4.99. The summed E-state index contributed by atoms with van der Waals surface area (Å²) in [4.78, 5) is 4.24. The lowest BCUT2D eigenvalue weighted by atomic mass is 10.1. The molecular formula is C13H12FN. The van der Waals surface area contributed by atoms with E-state index >= 15 is 0 Å². The molecule has 0 unspecified atom stereocenters. The Hall–Kier alpha value is -1.70. The van der Waals surface area contributed by atoms with Crippen LogP contribution in [0, 0.1) is 5.82 Å². The van der Waals surface area contributed by atoms with Crippen LogP contribution in [-0.2, 0) is 12.8 Å². The zero-order chi connectivity index (χ0) is 10.5. The minimum atomic E-state index is -0.184. The topological polar surface area (TPSA) is 12.9 Å². The van der Waals surface area contributed by atoms with Crippen LogP contribution in [0.2, 0.25) is 0 Å². The molecule has 1 aromatic carbocycles. The molecule has 15 heavy (non-hydrogen) atoms. The van der Waals surface area contributed by atoms with Gasteiger partial charge in [0.2, 0.25) is 0 Å². The largest absolute Gasteiger partial charge is 0.261 e. The van der Waals surface area contributed by atoms with E-state index in [4.69, 9.17) is 0 Å². The second-order valence-corrected chi connectivity index (χ2v) is 3.45. The van der Waals surface area contributed by atoms with Crippen molar-refractivity contribution < 1.29 is 4.39 Å². The van der Waals surface area contributed by atoms with Crippen molar-refractivity contribution in [3.8, 4) is 0 Å². The molecule has 1 heterocycles. The highest BCUT2D eigenvalue weighted by Crippen LogP contribution is 2.06. The third-order valence-corrected chi connectivity index (χ3v) is 2.31. The van der Waals surface area contributed by atoms with Gasteiger partial charge in [0.25, 0.3) is 0 Å². The Balaban J connectivity index is 1.96. The molecule has 0 N–H and O–H groups in total. The van der Waals surface area contributed by atoms with Crippen molar-refractivity contribution in [3.05, 3.63) is 65.7 Å². The first-order chi connectivity index (χ1) is 7.34. The minimum absolute atomic E-state index is 0.184. The van der Waals surface area contributed by atoms with E-state index in [2.05, 4.69) is 4.98 Å². The summed E-state index contributed by atoms with van der Waals surface area (Å²) in [6, 6.07) is 12.5. The van der Waals surface area contributed by atoms with E-state index in [1.54, 1.807) is 6.20 Å². The van der Waals surface area contributed by atoms with Crippen molar-refractivity contribution >= 4 is 0 Å². The van der Waals surface area contributed by atoms with Gasteiger partial charge in [0.1, 0.15) is 5.82 Å². The van der Waals surface area contributed by atoms with Crippen LogP contribution >= 0.6 is 0 Å². The molecular weight excluding hydrogens is 189 g/mol. The van der Waals surface area contributed by atoms with Crippen molar-refractivity contribution in [1.82, 2.24) is 4.98 Å². The minimum Gasteiger partial charge on any atom is -0.261 e. The highest BCUT2D eigenvalue weighted by atomic mass is 19.1. The Morgan fingerprint density at radius 2 is 1.73 bits per heavy atom. The van der Waals surface area contributed by atoms with E-state index < -0.39 is 0 Å². The number of nitrogens with zero attached hydrogens (tertiary/aromatic N) is 1. The number of benzene rings is 1. The molecule has 0 amide bonds. The summed E-state index contributed by atoms with van der Waals surface area (Å²) in [6.07, 6.45) is 3.59. The monoisotopic (exact) mass is 201 g/mol. The van der Waals surface area contributed by atoms with Crippen LogP contribution in [-0.4, -0.2) is 4.98 Å². The second-order valence-electron chi connectivity index (χ2n) is 3.45. The van der Waals surface area contributed by atoms with Crippen molar-refractivity contribution in [2.24, 2.45) is 0 Å². The summed E-state index contributed by atoms with van der Waals surface area (Å²) < 4.78 is 12.6. The first-order valence-corrected chi connectivity index (χ1v) is 4.99. The molecule has 2 aromatic rings. The molecule has 0 spiro atoms. The summed E-state index contributed by atoms with van der Waals surface area (Å²) in [5.41, 5.74) is 2.21. The molecule has 76 valence electrons. The molecule has 0 saturated heterocycles. The predicted octanol–water partition coefficient (Wildman–Crippen LogP) is 3.01. The van der Waals surface area contributed by atoms with Gasteiger partial charge < -0.3 is 0 Å². The van der Waals surface area contributed by atoms with Gasteiger partial charge in [-0.2, -0.15) is 0 Å². The van der Waals surface area contributed by atoms with Gasteiger partial charge in [-0.1, -0.05) is 18.2 Å². The summed E-state index contributed by atoms with van der Waals surface area (Å²) >= 11 is 0. The molecule has 0 radical (unpaired) electrons. The van der Waals surface area contributed by atoms with Gasteiger partial charge in [-0.25, -0.2) is 4.39 Å². The maximum atomic E-state index is 12.6. The Morgan fingerprint density at radius 1 is 0.933 bits per heavy atom. The van der Waals surface area contributed by atoms with Gasteiger partial charge in [0, 0.05) is 11.9 Å². The number of aryl methyl sites for hydroxylation is 2. The highest BCUT2D eigenvalue weighted by Gasteiger charge is 1.96. The quantitative estimate of drug-likeness (QED) is 0.743. The summed E-state index contributed by atoms with van der Waals surface area (Å²) in [5.74, 6) is -0.184. The Morgan fingerprint density at radius 3 is 2.40 bits per heavy atom. The van der Waals surface area contributed by atoms with Crippen LogP contribution in [0.4, 0.5) is 4.39 Å². The van der Waals surface area contributed by atoms with E-state index in [0.717, 1.165) is 24.1 Å². The van der Waals surface area contributed by atoms with Crippen LogP contribution in [0.25, 0.3) is 0 Å². The maximum absolute atomic E-state index is 12.6. The van der Waals surface area contributed by atoms with E-state index in [-0.39, 0.29) is 5.82 Å². The molecule has 1 nitrogen and oxygen atoms in total. The van der Waals surface area contributed by atoms with Crippen molar-refractivity contribution in [2.45, 2.75) is 12.8 Å². The molecule has 0 fully saturated rings. The van der Waals surface area contributed by atoms with Gasteiger partial charge in [-0.05, 0) is 42.7 Å². The normalized spacial score (nSPS) is 10.2. The number of hydrogen-bond donors (Lipinski definition) is 0. The molecule has 0 saturated carbocycles. The third kappa shape index (κ3) is 2.88. The molecule has 0 atom stereocenters. The van der Waals surface area contributed by atoms with E-state index in [1.165, 1.54) is 12.1 Å². The second kappa shape index (κ2) is 4.69. The van der Waals surface area contributed by atoms with Crippen LogP contribution in [0.1, 0.15) is 11.3 Å². The van der Waals surface area contributed by atoms with Crippen molar-refractivity contribution in [1.29, 1.82) is 0 Å². The smallest absolute Gasteiger partial charge is 0.123 e. The molecule has 2 heteroatoms. The van der Waals surface area contributed by atoms with E-state index in [0.29, 0.717) is 0 Å². The van der Waals surface area contributed by atoms with Gasteiger partial charge in [0.05, 0.1) is 0 Å². The fraction of sp³-hybridized carbons (Fsp3) is 0.154. The summed E-state index contributed by atoms with van der Waals surface area (Å²) in [6.45, 7) is 0. The molecule has 1 aromatic heterocycles. The zero-order valence-electron chi connectivity index (χ0n) is 8.36. The lowest BCUT2D eigenvalue weighted by Crippen LogP contribution is -1.93. The Labute approximate surface area is 88.6 Å². The molecule has 2 rings (SSSR count). The van der Waals surface area contributed by atoms with Crippen LogP contribution in [0.15, 0.2) is 48.7 Å². The third-order valence-electron chi connectivity index (χ3n) is 2.31. The lowest BCUT2D eigenvalue weighted by molar-refractivity contribution is 0.627. The standard InChI is InChI=1S/C13H12FN/c14-12-7-4-11(5-8-12)6-9-13-3-1-2-10-15-13/h1-5,7-8,10H,6,9H2. The SMILES string of the molecule is Fc1ccc(CCc2ccccn2)cc1. The predicted molar refractivity (Wildman–Crippen MR) is 58.0 cm³/mol. The Kier molecular flexibility index (Phi) is 3.08. The summed E-state index contributed by atoms with van der Waals surface area (Å²) in [7, 11) is 0. The average molecular weight is 201 g/mol. The maximum Gasteiger partial charge on any atom is 0.123 e. The van der Waals surface area contributed by atoms with Crippen molar-refractivity contribution in [3.63, 3.8) is 0 Å². The lowest BCUT2D eigenvalue weighted by Gasteiger charge is -2.00. The van der Waals surface area contributed by atoms with Gasteiger partial charge in [-0.3, -0.25) is 4.98 Å². The Bertz CT molecular complexity index is 408.